The first-order chi connectivity index (χ1) is 9.02. The average molecular weight is 268 g/mol. The summed E-state index contributed by atoms with van der Waals surface area (Å²) in [5.41, 5.74) is 7.40. The van der Waals surface area contributed by atoms with Crippen molar-refractivity contribution in [3.8, 4) is 0 Å². The number of hydrogen-bond donors (Lipinski definition) is 2. The van der Waals surface area contributed by atoms with Crippen LogP contribution < -0.4 is 5.32 Å². The van der Waals surface area contributed by atoms with E-state index < -0.39 is 11.5 Å². The van der Waals surface area contributed by atoms with Crippen LogP contribution in [0.4, 0.5) is 0 Å². The van der Waals surface area contributed by atoms with Crippen LogP contribution in [0.2, 0.25) is 0 Å². The molecule has 0 heterocycles. The van der Waals surface area contributed by atoms with E-state index in [1.54, 1.807) is 0 Å². The van der Waals surface area contributed by atoms with Gasteiger partial charge in [0.15, 0.2) is 0 Å². The van der Waals surface area contributed by atoms with Gasteiger partial charge in [0.25, 0.3) is 0 Å². The topological polar surface area (TPSA) is 98.1 Å². The summed E-state index contributed by atoms with van der Waals surface area (Å²) in [5.74, 6) is 0.236. The van der Waals surface area contributed by atoms with E-state index in [2.05, 4.69) is 29.2 Å². The number of nitrogens with zero attached hydrogens (tertiary/aromatic N) is 3. The normalized spacial score (nSPS) is 27.0. The number of hydrogen-bond acceptors (Lipinski definition) is 3. The highest BCUT2D eigenvalue weighted by Crippen LogP contribution is 2.36. The lowest BCUT2D eigenvalue weighted by atomic mass is 9.71. The van der Waals surface area contributed by atoms with E-state index in [4.69, 9.17) is 5.53 Å². The van der Waals surface area contributed by atoms with Gasteiger partial charge in [0, 0.05) is 11.5 Å². The minimum atomic E-state index is -0.788. The van der Waals surface area contributed by atoms with Gasteiger partial charge in [-0.25, -0.2) is 0 Å². The smallest absolute Gasteiger partial charge is 0.323 e. The maximum Gasteiger partial charge on any atom is 0.323 e. The molecular weight excluding hydrogens is 244 g/mol. The van der Waals surface area contributed by atoms with Crippen molar-refractivity contribution >= 4 is 5.97 Å². The molecule has 0 bridgehead atoms. The maximum absolute atomic E-state index is 11.6. The van der Waals surface area contributed by atoms with Gasteiger partial charge in [0.05, 0.1) is 0 Å². The molecule has 1 aliphatic carbocycles. The van der Waals surface area contributed by atoms with Crippen LogP contribution in [0.15, 0.2) is 5.11 Å². The number of aliphatic carboxylic acids is 1. The monoisotopic (exact) mass is 268 g/mol. The highest BCUT2D eigenvalue weighted by molar-refractivity contribution is 5.79. The molecule has 0 amide bonds. The molecule has 0 aromatic rings. The number of azide groups is 1. The quantitative estimate of drug-likeness (QED) is 0.321. The zero-order valence-electron chi connectivity index (χ0n) is 11.8. The van der Waals surface area contributed by atoms with Gasteiger partial charge in [-0.1, -0.05) is 31.8 Å². The van der Waals surface area contributed by atoms with E-state index in [1.807, 2.05) is 0 Å². The standard InChI is InChI=1S/C13H24N4O2/c1-10(2)11-5-3-6-13(9-11,12(18)19)15-7-4-8-16-17-14/h10-11,15H,3-9H2,1-2H3,(H,18,19). The Morgan fingerprint density at radius 2 is 2.37 bits per heavy atom. The van der Waals surface area contributed by atoms with Crippen molar-refractivity contribution in [2.24, 2.45) is 17.0 Å². The SMILES string of the molecule is CC(C)C1CCCC(NCCCN=[N+]=[N-])(C(=O)O)C1. The number of rotatable bonds is 7. The van der Waals surface area contributed by atoms with Crippen LogP contribution in [0.1, 0.15) is 46.0 Å². The van der Waals surface area contributed by atoms with Crippen molar-refractivity contribution in [1.82, 2.24) is 5.32 Å². The highest BCUT2D eigenvalue weighted by Gasteiger charge is 2.42. The first kappa shape index (κ1) is 15.8. The predicted molar refractivity (Wildman–Crippen MR) is 73.8 cm³/mol. The largest absolute Gasteiger partial charge is 0.480 e. The summed E-state index contributed by atoms with van der Waals surface area (Å²) in [6.45, 7) is 5.30. The van der Waals surface area contributed by atoms with Crippen LogP contribution in [0.5, 0.6) is 0 Å². The lowest BCUT2D eigenvalue weighted by Crippen LogP contribution is -2.55. The molecule has 6 nitrogen and oxygen atoms in total. The van der Waals surface area contributed by atoms with Crippen molar-refractivity contribution in [3.05, 3.63) is 10.4 Å². The maximum atomic E-state index is 11.6. The van der Waals surface area contributed by atoms with Crippen LogP contribution in [0.3, 0.4) is 0 Å². The van der Waals surface area contributed by atoms with Gasteiger partial charge in [-0.05, 0) is 43.2 Å². The van der Waals surface area contributed by atoms with Crippen LogP contribution in [-0.2, 0) is 4.79 Å². The molecule has 0 aromatic heterocycles. The molecule has 1 fully saturated rings. The molecule has 108 valence electrons. The first-order valence-corrected chi connectivity index (χ1v) is 7.01. The zero-order valence-corrected chi connectivity index (χ0v) is 11.8. The Morgan fingerprint density at radius 1 is 1.63 bits per heavy atom. The average Bonchev–Trinajstić information content (AvgIpc) is 2.38. The molecule has 0 radical (unpaired) electrons. The van der Waals surface area contributed by atoms with Crippen molar-refractivity contribution in [1.29, 1.82) is 0 Å². The Hall–Kier alpha value is -1.26. The predicted octanol–water partition coefficient (Wildman–Crippen LogP) is 2.95. The van der Waals surface area contributed by atoms with Crippen molar-refractivity contribution < 1.29 is 9.90 Å². The third-order valence-electron chi connectivity index (χ3n) is 4.10. The Labute approximate surface area is 114 Å². The second-order valence-corrected chi connectivity index (χ2v) is 5.72. The summed E-state index contributed by atoms with van der Waals surface area (Å²) in [7, 11) is 0. The summed E-state index contributed by atoms with van der Waals surface area (Å²) in [6.07, 6.45) is 4.13. The van der Waals surface area contributed by atoms with Gasteiger partial charge >= 0.3 is 5.97 Å². The lowest BCUT2D eigenvalue weighted by molar-refractivity contribution is -0.147. The third-order valence-corrected chi connectivity index (χ3v) is 4.10. The van der Waals surface area contributed by atoms with E-state index in [0.717, 1.165) is 12.8 Å². The first-order valence-electron chi connectivity index (χ1n) is 7.01. The molecule has 1 aliphatic rings. The van der Waals surface area contributed by atoms with Gasteiger partial charge in [-0.3, -0.25) is 4.79 Å². The van der Waals surface area contributed by atoms with Crippen LogP contribution in [-0.4, -0.2) is 29.7 Å². The second-order valence-electron chi connectivity index (χ2n) is 5.72. The molecule has 19 heavy (non-hydrogen) atoms. The number of carboxylic acid groups (broad SMARTS) is 1. The van der Waals surface area contributed by atoms with E-state index >= 15 is 0 Å². The second kappa shape index (κ2) is 7.36. The zero-order chi connectivity index (χ0) is 14.3. The van der Waals surface area contributed by atoms with Gasteiger partial charge in [-0.2, -0.15) is 0 Å². The molecule has 2 N–H and O–H groups in total. The summed E-state index contributed by atoms with van der Waals surface area (Å²) in [6, 6.07) is 0. The molecule has 0 spiro atoms. The van der Waals surface area contributed by atoms with Gasteiger partial charge in [-0.15, -0.1) is 0 Å². The fraction of sp³-hybridized carbons (Fsp3) is 0.923. The summed E-state index contributed by atoms with van der Waals surface area (Å²) < 4.78 is 0. The van der Waals surface area contributed by atoms with Gasteiger partial charge in [0.1, 0.15) is 5.54 Å². The van der Waals surface area contributed by atoms with E-state index in [1.165, 1.54) is 0 Å². The molecule has 6 heteroatoms. The summed E-state index contributed by atoms with van der Waals surface area (Å²) >= 11 is 0. The number of carboxylic acids is 1. The Morgan fingerprint density at radius 3 is 2.95 bits per heavy atom. The van der Waals surface area contributed by atoms with Crippen LogP contribution >= 0.6 is 0 Å². The number of carbonyl (C=O) groups is 1. The fourth-order valence-electron chi connectivity index (χ4n) is 2.84. The van der Waals surface area contributed by atoms with E-state index in [-0.39, 0.29) is 0 Å². The van der Waals surface area contributed by atoms with Crippen molar-refractivity contribution in [2.45, 2.75) is 51.5 Å². The molecule has 1 saturated carbocycles. The number of nitrogens with one attached hydrogen (secondary N) is 1. The minimum absolute atomic E-state index is 0.410. The summed E-state index contributed by atoms with van der Waals surface area (Å²) in [5, 5.41) is 16.2. The highest BCUT2D eigenvalue weighted by atomic mass is 16.4. The van der Waals surface area contributed by atoms with Crippen molar-refractivity contribution in [3.63, 3.8) is 0 Å². The molecule has 1 rings (SSSR count). The van der Waals surface area contributed by atoms with Gasteiger partial charge < -0.3 is 10.4 Å². The molecule has 0 saturated heterocycles. The molecule has 0 aliphatic heterocycles. The van der Waals surface area contributed by atoms with E-state index in [9.17, 15) is 9.90 Å². The Kier molecular flexibility index (Phi) is 6.12. The Bertz CT molecular complexity index is 353. The minimum Gasteiger partial charge on any atom is -0.480 e. The van der Waals surface area contributed by atoms with Crippen LogP contribution in [0, 0.1) is 11.8 Å². The van der Waals surface area contributed by atoms with Crippen LogP contribution in [0.25, 0.3) is 10.4 Å². The molecule has 2 unspecified atom stereocenters. The molecule has 2 atom stereocenters. The molecular formula is C13H24N4O2. The lowest BCUT2D eigenvalue weighted by Gasteiger charge is -2.40. The summed E-state index contributed by atoms with van der Waals surface area (Å²) in [4.78, 5) is 14.3. The van der Waals surface area contributed by atoms with Gasteiger partial charge in [0.2, 0.25) is 0 Å². The van der Waals surface area contributed by atoms with E-state index in [0.29, 0.717) is 44.2 Å². The third kappa shape index (κ3) is 4.40. The Balaban J connectivity index is 2.58. The van der Waals surface area contributed by atoms with Crippen molar-refractivity contribution in [2.75, 3.05) is 13.1 Å². The fourth-order valence-corrected chi connectivity index (χ4v) is 2.84. The molecule has 0 aromatic carbocycles.